The quantitative estimate of drug-likeness (QED) is 0.243. The van der Waals surface area contributed by atoms with E-state index in [4.69, 9.17) is 4.74 Å². The monoisotopic (exact) mass is 636 g/mol. The average Bonchev–Trinajstić information content (AvgIpc) is 2.69. The molecule has 1 aromatic carbocycles. The molecule has 7 heteroatoms. The topological polar surface area (TPSA) is 61.9 Å². The molecule has 1 heterocycles. The Hall–Kier alpha value is -2.92. The Morgan fingerprint density at radius 2 is 1.79 bits per heavy atom. The van der Waals surface area contributed by atoms with Gasteiger partial charge in [-0.3, -0.25) is 14.5 Å². The van der Waals surface area contributed by atoms with Crippen LogP contribution in [0.2, 0.25) is 0 Å². The molecule has 1 amide bonds. The summed E-state index contributed by atoms with van der Waals surface area (Å²) < 4.78 is 5.28. The van der Waals surface area contributed by atoms with Crippen molar-refractivity contribution in [3.05, 3.63) is 36.8 Å². The minimum Gasteiger partial charge on any atom is -0.369 e. The molecule has 0 spiro atoms. The number of ketones is 1. The van der Waals surface area contributed by atoms with Crippen LogP contribution in [0.3, 0.4) is 0 Å². The normalized spacial score (nSPS) is 14.6. The summed E-state index contributed by atoms with van der Waals surface area (Å²) in [6, 6.07) is 7.82. The van der Waals surface area contributed by atoms with Crippen molar-refractivity contribution < 1.29 is 14.3 Å². The minimum atomic E-state index is -0.0469. The number of ether oxygens (including phenoxy) is 1. The molecule has 0 saturated carbocycles. The van der Waals surface area contributed by atoms with Gasteiger partial charge in [-0.25, -0.2) is 0 Å². The van der Waals surface area contributed by atoms with Crippen molar-refractivity contribution in [2.75, 3.05) is 50.8 Å². The molecule has 165 valence electrons. The number of nitrogens with one attached hydrogen (secondary N) is 1. The van der Waals surface area contributed by atoms with Crippen LogP contribution in [0.4, 0.5) is 5.69 Å². The molecule has 1 saturated heterocycles. The Kier molecular flexibility index (Phi) is 9.68. The second-order valence-corrected chi connectivity index (χ2v) is 7.11. The molecule has 1 radical (unpaired) electrons. The number of carbonyl (C=O) groups is 2. The first-order valence-electron chi connectivity index (χ1n) is 9.77. The third kappa shape index (κ3) is 7.37. The second kappa shape index (κ2) is 11.7. The summed E-state index contributed by atoms with van der Waals surface area (Å²) in [5.74, 6) is 0.0310. The van der Waals surface area contributed by atoms with Crippen molar-refractivity contribution in [2.45, 2.75) is 32.8 Å². The van der Waals surface area contributed by atoms with Crippen LogP contribution in [-0.2, 0) is 9.53 Å². The zero-order valence-electron chi connectivity index (χ0n) is 16.8. The fourth-order valence-electron chi connectivity index (χ4n) is 3.06. The zero-order chi connectivity index (χ0) is 19.6. The maximum absolute atomic E-state index is 11.7. The van der Waals surface area contributed by atoms with Crippen molar-refractivity contribution in [2.24, 2.45) is 0 Å². The number of anilines is 1. The molecule has 2 rings (SSSR count). The van der Waals surface area contributed by atoms with Crippen molar-refractivity contribution >= 4 is 17.4 Å². The number of piperazine rings is 1. The Bertz CT molecular complexity index is 599. The Morgan fingerprint density at radius 3 is 2.36 bits per heavy atom. The first kappa shape index (κ1) is 23.1. The maximum atomic E-state index is 11.7. The molecule has 0 aliphatic carbocycles. The number of Topliss-reactive ketones (excluding diaryl/α,β-unsaturated/α-hetero) is 1. The minimum absolute atomic E-state index is 0. The SMILES string of the molecule is [CH2-]CC(=O)c1ccc(N2CCN(CCCNC(=O)COC(C)C)CC2)cc1.[Lr]. The third-order valence-corrected chi connectivity index (χ3v) is 4.67. The fourth-order valence-corrected chi connectivity index (χ4v) is 3.06. The summed E-state index contributed by atoms with van der Waals surface area (Å²) in [6.07, 6.45) is 1.31. The standard InChI is InChI=1S/C21H32N3O3.Lr/c1-4-20(25)18-6-8-19(9-7-18)24-14-12-23(13-15-24)11-5-10-22-21(26)16-27-17(2)3;/h6-9,17H,1,4-5,10-16H2,2-3H3,(H,22,26);/q-1;. The van der Waals surface area contributed by atoms with E-state index in [1.807, 2.05) is 38.1 Å². The number of rotatable bonds is 10. The van der Waals surface area contributed by atoms with Crippen LogP contribution in [0.5, 0.6) is 0 Å². The van der Waals surface area contributed by atoms with Crippen molar-refractivity contribution in [1.82, 2.24) is 10.2 Å². The van der Waals surface area contributed by atoms with Crippen molar-refractivity contribution in [1.29, 1.82) is 0 Å². The zero-order valence-corrected chi connectivity index (χ0v) is 19.0. The predicted molar refractivity (Wildman–Crippen MR) is 108 cm³/mol. The van der Waals surface area contributed by atoms with Gasteiger partial charge in [0.2, 0.25) is 5.91 Å². The largest absolute Gasteiger partial charge is 0.369 e. The molecule has 0 atom stereocenters. The van der Waals surface area contributed by atoms with E-state index in [0.29, 0.717) is 13.0 Å². The molecule has 1 aromatic rings. The van der Waals surface area contributed by atoms with E-state index in [9.17, 15) is 9.59 Å². The Labute approximate surface area is 162 Å². The predicted octanol–water partition coefficient (Wildman–Crippen LogP) is 2.15. The molecule has 1 N–H and O–H groups in total. The van der Waals surface area contributed by atoms with Gasteiger partial charge < -0.3 is 21.9 Å². The fraction of sp³-hybridized carbons (Fsp3) is 0.571. The molecule has 1 fully saturated rings. The van der Waals surface area contributed by atoms with Gasteiger partial charge in [0.15, 0.2) is 0 Å². The van der Waals surface area contributed by atoms with E-state index in [1.165, 1.54) is 0 Å². The summed E-state index contributed by atoms with van der Waals surface area (Å²) in [7, 11) is 0. The number of nitrogens with zero attached hydrogens (tertiary/aromatic N) is 2. The molecule has 0 bridgehead atoms. The van der Waals surface area contributed by atoms with Crippen LogP contribution in [-0.4, -0.2) is 68.6 Å². The molecule has 28 heavy (non-hydrogen) atoms. The van der Waals surface area contributed by atoms with Crippen LogP contribution in [0, 0.1) is 6.92 Å². The van der Waals surface area contributed by atoms with Crippen LogP contribution in [0.15, 0.2) is 24.3 Å². The van der Waals surface area contributed by atoms with Gasteiger partial charge in [0.25, 0.3) is 0 Å². The second-order valence-electron chi connectivity index (χ2n) is 7.11. The number of hydrogen-bond donors (Lipinski definition) is 1. The number of benzene rings is 1. The van der Waals surface area contributed by atoms with Gasteiger partial charge in [-0.2, -0.15) is 0 Å². The van der Waals surface area contributed by atoms with Gasteiger partial charge in [0.1, 0.15) is 12.4 Å². The summed E-state index contributed by atoms with van der Waals surface area (Å²) >= 11 is 0. The molecule has 0 aromatic heterocycles. The molecule has 1 aliphatic rings. The molecular weight excluding hydrogens is 604 g/mol. The van der Waals surface area contributed by atoms with E-state index in [2.05, 4.69) is 22.0 Å². The van der Waals surface area contributed by atoms with E-state index < -0.39 is 0 Å². The van der Waals surface area contributed by atoms with E-state index in [1.54, 1.807) is 0 Å². The van der Waals surface area contributed by atoms with E-state index in [-0.39, 0.29) is 24.4 Å². The average molecular weight is 637 g/mol. The first-order chi connectivity index (χ1) is 13.0. The smallest absolute Gasteiger partial charge is 0.246 e. The third-order valence-electron chi connectivity index (χ3n) is 4.67. The van der Waals surface area contributed by atoms with Gasteiger partial charge in [0, 0.05) is 44.0 Å². The van der Waals surface area contributed by atoms with Crippen molar-refractivity contribution in [3.63, 3.8) is 0 Å². The number of hydrogen-bond acceptors (Lipinski definition) is 5. The molecule has 6 nitrogen and oxygen atoms in total. The van der Waals surface area contributed by atoms with E-state index in [0.717, 1.165) is 50.4 Å². The van der Waals surface area contributed by atoms with Crippen LogP contribution in [0.1, 0.15) is 37.0 Å². The summed E-state index contributed by atoms with van der Waals surface area (Å²) in [5.41, 5.74) is 1.89. The molecule has 0 unspecified atom stereocenters. The van der Waals surface area contributed by atoms with Crippen LogP contribution in [0.25, 0.3) is 0 Å². The maximum Gasteiger partial charge on any atom is 0.246 e. The van der Waals surface area contributed by atoms with E-state index >= 15 is 0 Å². The summed E-state index contributed by atoms with van der Waals surface area (Å²) in [4.78, 5) is 28.0. The molecular formula is C21H32LrN3O3-. The first-order valence-corrected chi connectivity index (χ1v) is 9.77. The summed E-state index contributed by atoms with van der Waals surface area (Å²) in [5, 5.41) is 2.90. The Balaban J connectivity index is 0.00000392. The van der Waals surface area contributed by atoms with Gasteiger partial charge in [-0.05, 0) is 51.1 Å². The van der Waals surface area contributed by atoms with Crippen LogP contribution < -0.4 is 10.2 Å². The molecule has 1 aliphatic heterocycles. The number of carbonyl (C=O) groups excluding carboxylic acids is 2. The van der Waals surface area contributed by atoms with Gasteiger partial charge >= 0.3 is 0 Å². The number of amides is 1. The Morgan fingerprint density at radius 1 is 1.14 bits per heavy atom. The van der Waals surface area contributed by atoms with Crippen LogP contribution >= 0.6 is 0 Å². The van der Waals surface area contributed by atoms with Crippen molar-refractivity contribution in [3.8, 4) is 0 Å². The van der Waals surface area contributed by atoms with Gasteiger partial charge in [0.05, 0.1) is 6.10 Å². The van der Waals surface area contributed by atoms with Gasteiger partial charge in [-0.1, -0.05) is 0 Å². The van der Waals surface area contributed by atoms with Gasteiger partial charge in [-0.15, -0.1) is 6.42 Å². The summed E-state index contributed by atoms with van der Waals surface area (Å²) in [6.45, 7) is 13.2.